The Morgan fingerprint density at radius 2 is 1.21 bits per heavy atom. The van der Waals surface area contributed by atoms with Gasteiger partial charge in [0.05, 0.1) is 12.5 Å². The molecule has 0 spiro atoms. The first-order valence-electron chi connectivity index (χ1n) is 26.0. The predicted octanol–water partition coefficient (Wildman–Crippen LogP) is 10.5. The fraction of sp³-hybridized carbons (Fsp3) is 0.306. The molecule has 1 aliphatic rings. The lowest BCUT2D eigenvalue weighted by Gasteiger charge is -2.33. The minimum atomic E-state index is -0.868. The molecule has 0 radical (unpaired) electrons. The number of hydrogen-bond acceptors (Lipinski definition) is 8. The largest absolute Gasteiger partial charge is 0.489 e. The molecule has 8 aromatic rings. The molecular formula is C62H70N6O7. The van der Waals surface area contributed by atoms with Crippen LogP contribution in [0.2, 0.25) is 0 Å². The standard InChI is InChI=1S/C34H41N3O5.C28H29N3O2/c1-34(2,3)42-33(40)37(19-17-25-13-15-29(16-14-25)41-24-26-9-5-4-6-10-26)20-18-35-28(22-32(38)39)21-27-23-36-31-12-8-7-11-30(27)31;32-28-27(18-23-19-30-26-9-5-4-8-25(23)26)29-15-17-31(28)16-14-21-10-12-24(13-11-21)33-20-22-6-2-1-3-7-22/h4-16,23,28,35-36H,17-22,24H2,1-3H3,(H,38,39);1-13,19,27,29-30H,14-18,20H2/t28-;27-/m00/s1. The number of hydrogen-bond donors (Lipinski definition) is 5. The van der Waals surface area contributed by atoms with E-state index in [-0.39, 0.29) is 24.4 Å². The van der Waals surface area contributed by atoms with Gasteiger partial charge in [-0.1, -0.05) is 121 Å². The molecule has 0 aliphatic carbocycles. The van der Waals surface area contributed by atoms with E-state index >= 15 is 0 Å². The summed E-state index contributed by atoms with van der Waals surface area (Å²) in [4.78, 5) is 48.0. The Balaban J connectivity index is 0.000000205. The maximum Gasteiger partial charge on any atom is 0.410 e. The highest BCUT2D eigenvalue weighted by Gasteiger charge is 2.29. The molecule has 390 valence electrons. The van der Waals surface area contributed by atoms with Gasteiger partial charge in [0.2, 0.25) is 5.91 Å². The summed E-state index contributed by atoms with van der Waals surface area (Å²) in [7, 11) is 0. The minimum absolute atomic E-state index is 0.0232. The molecule has 3 heterocycles. The van der Waals surface area contributed by atoms with Crippen LogP contribution in [0.3, 0.4) is 0 Å². The van der Waals surface area contributed by atoms with E-state index < -0.39 is 17.7 Å². The summed E-state index contributed by atoms with van der Waals surface area (Å²) in [5, 5.41) is 18.6. The van der Waals surface area contributed by atoms with Gasteiger partial charge >= 0.3 is 12.1 Å². The number of carboxylic acid groups (broad SMARTS) is 1. The fourth-order valence-electron chi connectivity index (χ4n) is 9.23. The Bertz CT molecular complexity index is 3040. The highest BCUT2D eigenvalue weighted by atomic mass is 16.6. The highest BCUT2D eigenvalue weighted by molar-refractivity contribution is 5.87. The van der Waals surface area contributed by atoms with E-state index in [2.05, 4.69) is 57.0 Å². The maximum absolute atomic E-state index is 13.1. The predicted molar refractivity (Wildman–Crippen MR) is 296 cm³/mol. The number of carbonyl (C=O) groups is 3. The van der Waals surface area contributed by atoms with Crippen molar-refractivity contribution in [2.24, 2.45) is 0 Å². The number of ether oxygens (including phenoxy) is 3. The molecule has 1 fully saturated rings. The van der Waals surface area contributed by atoms with Gasteiger partial charge in [0, 0.05) is 79.5 Å². The molecule has 75 heavy (non-hydrogen) atoms. The van der Waals surface area contributed by atoms with Crippen LogP contribution in [-0.4, -0.2) is 99.8 Å². The third-order valence-corrected chi connectivity index (χ3v) is 13.2. The molecule has 2 amide bonds. The number of rotatable bonds is 22. The number of aromatic amines is 2. The molecule has 1 saturated heterocycles. The van der Waals surface area contributed by atoms with Gasteiger partial charge in [-0.15, -0.1) is 0 Å². The van der Waals surface area contributed by atoms with Crippen LogP contribution in [0.25, 0.3) is 21.8 Å². The molecule has 5 N–H and O–H groups in total. The highest BCUT2D eigenvalue weighted by Crippen LogP contribution is 2.23. The molecule has 9 rings (SSSR count). The molecule has 2 aromatic heterocycles. The van der Waals surface area contributed by atoms with Crippen molar-refractivity contribution in [2.45, 2.75) is 83.8 Å². The van der Waals surface area contributed by atoms with Gasteiger partial charge in [-0.3, -0.25) is 9.59 Å². The van der Waals surface area contributed by atoms with Crippen molar-refractivity contribution < 1.29 is 33.7 Å². The smallest absolute Gasteiger partial charge is 0.410 e. The van der Waals surface area contributed by atoms with Crippen LogP contribution in [-0.2, 0) is 53.2 Å². The van der Waals surface area contributed by atoms with E-state index in [1.807, 2.05) is 159 Å². The lowest BCUT2D eigenvalue weighted by molar-refractivity contribution is -0.137. The Kier molecular flexibility index (Phi) is 18.8. The van der Waals surface area contributed by atoms with Crippen molar-refractivity contribution in [3.05, 3.63) is 203 Å². The zero-order chi connectivity index (χ0) is 52.4. The number of piperazine rings is 1. The second kappa shape index (κ2) is 26.4. The number of carboxylic acids is 1. The van der Waals surface area contributed by atoms with E-state index in [1.54, 1.807) is 4.90 Å². The van der Waals surface area contributed by atoms with Gasteiger partial charge in [-0.25, -0.2) is 4.79 Å². The van der Waals surface area contributed by atoms with Crippen LogP contribution < -0.4 is 20.1 Å². The molecule has 1 aliphatic heterocycles. The third kappa shape index (κ3) is 16.3. The number of amides is 2. The van der Waals surface area contributed by atoms with E-state index in [9.17, 15) is 19.5 Å². The zero-order valence-corrected chi connectivity index (χ0v) is 43.3. The van der Waals surface area contributed by atoms with Gasteiger partial charge < -0.3 is 49.7 Å². The number of aliphatic carboxylic acids is 1. The second-order valence-corrected chi connectivity index (χ2v) is 20.0. The molecule has 6 aromatic carbocycles. The van der Waals surface area contributed by atoms with Crippen LogP contribution in [0, 0.1) is 0 Å². The number of fused-ring (bicyclic) bond motifs is 2. The van der Waals surface area contributed by atoms with Gasteiger partial charge in [0.1, 0.15) is 30.3 Å². The Labute approximate surface area is 440 Å². The van der Waals surface area contributed by atoms with Gasteiger partial charge in [-0.2, -0.15) is 0 Å². The first kappa shape index (κ1) is 53.4. The van der Waals surface area contributed by atoms with Crippen molar-refractivity contribution in [3.63, 3.8) is 0 Å². The average Bonchev–Trinajstić information content (AvgIpc) is 4.03. The SMILES string of the molecule is CC(C)(C)OC(=O)N(CCN[C@H](CC(=O)O)Cc1c[nH]c2ccccc12)CCc1ccc(OCc2ccccc2)cc1.O=C1[C@H](Cc2c[nH]c3ccccc23)NCCN1CCc1ccc(OCc2ccccc2)cc1. The first-order valence-corrected chi connectivity index (χ1v) is 26.0. The Morgan fingerprint density at radius 3 is 1.79 bits per heavy atom. The van der Waals surface area contributed by atoms with Gasteiger partial charge in [0.25, 0.3) is 0 Å². The van der Waals surface area contributed by atoms with E-state index in [4.69, 9.17) is 14.2 Å². The van der Waals surface area contributed by atoms with E-state index in [0.717, 1.165) is 76.2 Å². The van der Waals surface area contributed by atoms with Crippen LogP contribution in [0.1, 0.15) is 60.6 Å². The fourth-order valence-corrected chi connectivity index (χ4v) is 9.23. The van der Waals surface area contributed by atoms with Crippen molar-refractivity contribution in [3.8, 4) is 11.5 Å². The maximum atomic E-state index is 13.1. The number of nitrogens with zero attached hydrogens (tertiary/aromatic N) is 2. The first-order chi connectivity index (χ1) is 36.4. The molecule has 0 saturated carbocycles. The van der Waals surface area contributed by atoms with Crippen molar-refractivity contribution >= 4 is 39.8 Å². The summed E-state index contributed by atoms with van der Waals surface area (Å²) in [5.41, 5.74) is 8.30. The molecular weight excluding hydrogens is 941 g/mol. The molecule has 2 atom stereocenters. The normalized spacial score (nSPS) is 14.0. The van der Waals surface area contributed by atoms with Crippen LogP contribution in [0.15, 0.2) is 170 Å². The lowest BCUT2D eigenvalue weighted by atomic mass is 10.0. The monoisotopic (exact) mass is 1010 g/mol. The van der Waals surface area contributed by atoms with Crippen LogP contribution in [0.4, 0.5) is 4.79 Å². The number of H-pyrrole nitrogens is 2. The number of benzene rings is 6. The summed E-state index contributed by atoms with van der Waals surface area (Å²) in [6.07, 6.45) is 6.29. The Hall–Kier alpha value is -7.87. The Morgan fingerprint density at radius 1 is 0.680 bits per heavy atom. The van der Waals surface area contributed by atoms with E-state index in [1.165, 1.54) is 16.5 Å². The summed E-state index contributed by atoms with van der Waals surface area (Å²) in [6, 6.07) is 52.1. The second-order valence-electron chi connectivity index (χ2n) is 20.0. The molecule has 0 bridgehead atoms. The average molecular weight is 1010 g/mol. The summed E-state index contributed by atoms with van der Waals surface area (Å²) < 4.78 is 17.4. The molecule has 13 nitrogen and oxygen atoms in total. The minimum Gasteiger partial charge on any atom is -0.489 e. The number of carbonyl (C=O) groups excluding carboxylic acids is 2. The summed E-state index contributed by atoms with van der Waals surface area (Å²) >= 11 is 0. The van der Waals surface area contributed by atoms with E-state index in [0.29, 0.717) is 52.1 Å². The number of para-hydroxylation sites is 2. The third-order valence-electron chi connectivity index (χ3n) is 13.2. The molecule has 13 heteroatoms. The number of nitrogens with one attached hydrogen (secondary N) is 4. The van der Waals surface area contributed by atoms with Gasteiger partial charge in [-0.05, 0) is 116 Å². The summed E-state index contributed by atoms with van der Waals surface area (Å²) in [6.45, 7) is 10.2. The number of aromatic nitrogens is 2. The van der Waals surface area contributed by atoms with Crippen molar-refractivity contribution in [2.75, 3.05) is 39.3 Å². The van der Waals surface area contributed by atoms with Gasteiger partial charge in [0.15, 0.2) is 0 Å². The van der Waals surface area contributed by atoms with Crippen LogP contribution >= 0.6 is 0 Å². The lowest BCUT2D eigenvalue weighted by Crippen LogP contribution is -2.56. The summed E-state index contributed by atoms with van der Waals surface area (Å²) in [5.74, 6) is 0.969. The topological polar surface area (TPSA) is 161 Å². The van der Waals surface area contributed by atoms with Crippen molar-refractivity contribution in [1.29, 1.82) is 0 Å². The molecule has 0 unspecified atom stereocenters. The van der Waals surface area contributed by atoms with Crippen LogP contribution in [0.5, 0.6) is 11.5 Å². The zero-order valence-electron chi connectivity index (χ0n) is 43.3. The van der Waals surface area contributed by atoms with Crippen molar-refractivity contribution in [1.82, 2.24) is 30.4 Å². The quantitative estimate of drug-likeness (QED) is 0.0445.